The number of carbonyl (C=O) groups excluding carboxylic acids is 1. The highest BCUT2D eigenvalue weighted by Crippen LogP contribution is 2.06. The van der Waals surface area contributed by atoms with Gasteiger partial charge in [-0.1, -0.05) is 19.8 Å². The summed E-state index contributed by atoms with van der Waals surface area (Å²) in [5, 5.41) is 6.21. The molecule has 0 bridgehead atoms. The second-order valence-electron chi connectivity index (χ2n) is 4.23. The van der Waals surface area contributed by atoms with Crippen molar-refractivity contribution < 1.29 is 4.79 Å². The Morgan fingerprint density at radius 3 is 3.00 bits per heavy atom. The molecule has 1 fully saturated rings. The fourth-order valence-electron chi connectivity index (χ4n) is 1.91. The summed E-state index contributed by atoms with van der Waals surface area (Å²) < 4.78 is 0. The van der Waals surface area contributed by atoms with Crippen LogP contribution in [0.4, 0.5) is 0 Å². The summed E-state index contributed by atoms with van der Waals surface area (Å²) in [6.07, 6.45) is 5.32. The van der Waals surface area contributed by atoms with E-state index in [1.165, 1.54) is 0 Å². The molecule has 2 atom stereocenters. The number of amides is 1. The molecule has 1 aliphatic rings. The van der Waals surface area contributed by atoms with Crippen molar-refractivity contribution in [2.24, 2.45) is 5.73 Å². The summed E-state index contributed by atoms with van der Waals surface area (Å²) in [4.78, 5) is 11.7. The third-order valence-electron chi connectivity index (χ3n) is 2.91. The molecule has 0 aromatic heterocycles. The van der Waals surface area contributed by atoms with E-state index in [1.54, 1.807) is 0 Å². The average molecular weight is 213 g/mol. The van der Waals surface area contributed by atoms with Crippen LogP contribution in [0.15, 0.2) is 0 Å². The monoisotopic (exact) mass is 213 g/mol. The molecule has 1 heterocycles. The zero-order chi connectivity index (χ0) is 11.1. The van der Waals surface area contributed by atoms with Crippen LogP contribution >= 0.6 is 0 Å². The molecular formula is C11H23N3O. The van der Waals surface area contributed by atoms with E-state index in [4.69, 9.17) is 5.73 Å². The van der Waals surface area contributed by atoms with E-state index in [0.29, 0.717) is 6.54 Å². The number of rotatable bonds is 6. The number of hydrogen-bond acceptors (Lipinski definition) is 3. The molecule has 0 aliphatic carbocycles. The van der Waals surface area contributed by atoms with Crippen LogP contribution in [0.3, 0.4) is 0 Å². The van der Waals surface area contributed by atoms with E-state index in [1.807, 2.05) is 0 Å². The van der Waals surface area contributed by atoms with Gasteiger partial charge in [-0.05, 0) is 25.8 Å². The molecule has 1 rings (SSSR count). The predicted molar refractivity (Wildman–Crippen MR) is 61.5 cm³/mol. The molecule has 2 unspecified atom stereocenters. The second kappa shape index (κ2) is 6.80. The Morgan fingerprint density at radius 2 is 2.47 bits per heavy atom. The van der Waals surface area contributed by atoms with Crippen LogP contribution in [0, 0.1) is 0 Å². The maximum absolute atomic E-state index is 11.7. The second-order valence-corrected chi connectivity index (χ2v) is 4.23. The Morgan fingerprint density at radius 1 is 1.67 bits per heavy atom. The zero-order valence-corrected chi connectivity index (χ0v) is 9.59. The fourth-order valence-corrected chi connectivity index (χ4v) is 1.91. The van der Waals surface area contributed by atoms with Crippen molar-refractivity contribution in [1.82, 2.24) is 10.6 Å². The highest BCUT2D eigenvalue weighted by Gasteiger charge is 2.23. The molecule has 4 N–H and O–H groups in total. The first-order chi connectivity index (χ1) is 7.27. The SMILES string of the molecule is CCCCC(CN)NC(=O)C1CCCN1. The Hall–Kier alpha value is -0.610. The van der Waals surface area contributed by atoms with Crippen LogP contribution in [-0.4, -0.2) is 31.1 Å². The van der Waals surface area contributed by atoms with Gasteiger partial charge in [0.25, 0.3) is 0 Å². The molecular weight excluding hydrogens is 190 g/mol. The highest BCUT2D eigenvalue weighted by atomic mass is 16.2. The molecule has 15 heavy (non-hydrogen) atoms. The van der Waals surface area contributed by atoms with E-state index in [0.717, 1.165) is 38.6 Å². The Bertz CT molecular complexity index is 190. The molecule has 0 aromatic carbocycles. The number of unbranched alkanes of at least 4 members (excludes halogenated alkanes) is 1. The lowest BCUT2D eigenvalue weighted by Crippen LogP contribution is -2.47. The quantitative estimate of drug-likeness (QED) is 0.597. The molecule has 4 heteroatoms. The van der Waals surface area contributed by atoms with Crippen LogP contribution in [-0.2, 0) is 4.79 Å². The van der Waals surface area contributed by atoms with Crippen LogP contribution < -0.4 is 16.4 Å². The van der Waals surface area contributed by atoms with Crippen LogP contribution in [0.1, 0.15) is 39.0 Å². The van der Waals surface area contributed by atoms with Crippen molar-refractivity contribution in [2.75, 3.05) is 13.1 Å². The summed E-state index contributed by atoms with van der Waals surface area (Å²) in [6.45, 7) is 3.65. The molecule has 0 saturated carbocycles. The first-order valence-electron chi connectivity index (χ1n) is 6.01. The van der Waals surface area contributed by atoms with Gasteiger partial charge in [0.2, 0.25) is 5.91 Å². The first-order valence-corrected chi connectivity index (χ1v) is 6.01. The van der Waals surface area contributed by atoms with Gasteiger partial charge in [-0.15, -0.1) is 0 Å². The standard InChI is InChI=1S/C11H23N3O/c1-2-3-5-9(8-12)14-11(15)10-6-4-7-13-10/h9-10,13H,2-8,12H2,1H3,(H,14,15). The van der Waals surface area contributed by atoms with Gasteiger partial charge in [-0.2, -0.15) is 0 Å². The molecule has 0 spiro atoms. The minimum Gasteiger partial charge on any atom is -0.351 e. The van der Waals surface area contributed by atoms with Gasteiger partial charge in [0, 0.05) is 12.6 Å². The van der Waals surface area contributed by atoms with Gasteiger partial charge in [0.05, 0.1) is 6.04 Å². The van der Waals surface area contributed by atoms with E-state index >= 15 is 0 Å². The predicted octanol–water partition coefficient (Wildman–Crippen LogP) is 0.372. The normalized spacial score (nSPS) is 22.7. The zero-order valence-electron chi connectivity index (χ0n) is 9.59. The van der Waals surface area contributed by atoms with Crippen LogP contribution in [0.2, 0.25) is 0 Å². The molecule has 0 aromatic rings. The summed E-state index contributed by atoms with van der Waals surface area (Å²) in [5.74, 6) is 0.124. The lowest BCUT2D eigenvalue weighted by Gasteiger charge is -2.19. The number of nitrogens with two attached hydrogens (primary N) is 1. The number of nitrogens with one attached hydrogen (secondary N) is 2. The van der Waals surface area contributed by atoms with Gasteiger partial charge in [-0.25, -0.2) is 0 Å². The molecule has 0 radical (unpaired) electrons. The Kier molecular flexibility index (Phi) is 5.65. The fraction of sp³-hybridized carbons (Fsp3) is 0.909. The molecule has 1 saturated heterocycles. The van der Waals surface area contributed by atoms with Gasteiger partial charge in [0.1, 0.15) is 0 Å². The molecule has 4 nitrogen and oxygen atoms in total. The van der Waals surface area contributed by atoms with E-state index in [2.05, 4.69) is 17.6 Å². The lowest BCUT2D eigenvalue weighted by molar-refractivity contribution is -0.123. The van der Waals surface area contributed by atoms with Crippen molar-refractivity contribution in [3.63, 3.8) is 0 Å². The lowest BCUT2D eigenvalue weighted by atomic mass is 10.1. The topological polar surface area (TPSA) is 67.1 Å². The van der Waals surface area contributed by atoms with E-state index in [9.17, 15) is 4.79 Å². The average Bonchev–Trinajstić information content (AvgIpc) is 2.77. The van der Waals surface area contributed by atoms with E-state index in [-0.39, 0.29) is 18.0 Å². The van der Waals surface area contributed by atoms with Crippen LogP contribution in [0.25, 0.3) is 0 Å². The van der Waals surface area contributed by atoms with Crippen molar-refractivity contribution in [1.29, 1.82) is 0 Å². The van der Waals surface area contributed by atoms with Crippen LogP contribution in [0.5, 0.6) is 0 Å². The summed E-state index contributed by atoms with van der Waals surface area (Å²) in [5.41, 5.74) is 5.63. The number of hydrogen-bond donors (Lipinski definition) is 3. The maximum Gasteiger partial charge on any atom is 0.237 e. The largest absolute Gasteiger partial charge is 0.351 e. The van der Waals surface area contributed by atoms with Gasteiger partial charge in [-0.3, -0.25) is 4.79 Å². The highest BCUT2D eigenvalue weighted by molar-refractivity contribution is 5.82. The molecule has 1 amide bonds. The summed E-state index contributed by atoms with van der Waals surface area (Å²) in [7, 11) is 0. The molecule has 1 aliphatic heterocycles. The van der Waals surface area contributed by atoms with E-state index < -0.39 is 0 Å². The van der Waals surface area contributed by atoms with Gasteiger partial charge >= 0.3 is 0 Å². The third kappa shape index (κ3) is 4.18. The summed E-state index contributed by atoms with van der Waals surface area (Å²) >= 11 is 0. The maximum atomic E-state index is 11.7. The van der Waals surface area contributed by atoms with Gasteiger partial charge < -0.3 is 16.4 Å². The minimum atomic E-state index is 0.0145. The van der Waals surface area contributed by atoms with Crippen molar-refractivity contribution >= 4 is 5.91 Å². The van der Waals surface area contributed by atoms with Gasteiger partial charge in [0.15, 0.2) is 0 Å². The van der Waals surface area contributed by atoms with Crippen molar-refractivity contribution in [3.05, 3.63) is 0 Å². The number of carbonyl (C=O) groups is 1. The Balaban J connectivity index is 2.26. The smallest absolute Gasteiger partial charge is 0.237 e. The minimum absolute atomic E-state index is 0.0145. The summed E-state index contributed by atoms with van der Waals surface area (Å²) in [6, 6.07) is 0.167. The third-order valence-corrected chi connectivity index (χ3v) is 2.91. The Labute approximate surface area is 92.0 Å². The first kappa shape index (κ1) is 12.5. The molecule has 88 valence electrons. The van der Waals surface area contributed by atoms with Crippen molar-refractivity contribution in [2.45, 2.75) is 51.1 Å². The van der Waals surface area contributed by atoms with Crippen molar-refractivity contribution in [3.8, 4) is 0 Å².